The fourth-order valence-corrected chi connectivity index (χ4v) is 11.8. The molecule has 0 fully saturated rings. The zero-order valence-electron chi connectivity index (χ0n) is 53.3. The smallest absolute Gasteiger partial charge is 0.457 e. The fourth-order valence-electron chi connectivity index (χ4n) is 10.9. The number of nitrogens with zero attached hydrogens (tertiary/aromatic N) is 7. The van der Waals surface area contributed by atoms with E-state index >= 15 is 0 Å². The molecule has 0 aliphatic carbocycles. The van der Waals surface area contributed by atoms with E-state index in [9.17, 15) is 38.4 Å². The predicted molar refractivity (Wildman–Crippen MR) is 342 cm³/mol. The molecule has 486 valence electrons. The Morgan fingerprint density at radius 2 is 1.71 bits per heavy atom. The molecule has 3 aromatic heterocycles. The van der Waals surface area contributed by atoms with Gasteiger partial charge in [0.05, 0.1) is 72.6 Å². The van der Waals surface area contributed by atoms with Crippen LogP contribution in [0, 0.1) is 5.92 Å². The average molecular weight is 1270 g/mol. The summed E-state index contributed by atoms with van der Waals surface area (Å²) in [7, 11) is 0. The van der Waals surface area contributed by atoms with E-state index in [1.807, 2.05) is 58.2 Å². The maximum absolute atomic E-state index is 14.4. The summed E-state index contributed by atoms with van der Waals surface area (Å²) >= 11 is 1.56. The van der Waals surface area contributed by atoms with Crippen LogP contribution in [0.5, 0.6) is 0 Å². The molecular weight excluding hydrogens is 1190 g/mol. The van der Waals surface area contributed by atoms with Crippen LogP contribution in [0.25, 0.3) is 22.3 Å². The molecule has 6 N–H and O–H groups in total. The molecule has 25 nitrogen and oxygen atoms in total. The van der Waals surface area contributed by atoms with Gasteiger partial charge in [-0.1, -0.05) is 80.2 Å². The molecule has 8 rings (SSSR count). The Balaban J connectivity index is 0.728. The topological polar surface area (TPSA) is 321 Å². The van der Waals surface area contributed by atoms with Crippen molar-refractivity contribution in [2.24, 2.45) is 16.6 Å². The summed E-state index contributed by atoms with van der Waals surface area (Å²) < 4.78 is 31.6. The van der Waals surface area contributed by atoms with Gasteiger partial charge in [-0.3, -0.25) is 28.8 Å². The maximum atomic E-state index is 14.4. The molecule has 26 heteroatoms. The molecule has 6 heterocycles. The molecule has 91 heavy (non-hydrogen) atoms. The minimum absolute atomic E-state index is 0.0197. The van der Waals surface area contributed by atoms with E-state index in [1.54, 1.807) is 90.1 Å². The number of para-hydroxylation sites is 1. The number of cyclic esters (lactones) is 1. The lowest BCUT2D eigenvalue weighted by atomic mass is 9.85. The summed E-state index contributed by atoms with van der Waals surface area (Å²) in [5.41, 5.74) is 8.34. The third-order valence-corrected chi connectivity index (χ3v) is 17.1. The number of ether oxygens (including phenoxy) is 5. The van der Waals surface area contributed by atoms with E-state index in [1.165, 1.54) is 0 Å². The molecule has 5 amide bonds. The Bertz CT molecular complexity index is 3710. The number of unbranched alkanes of at least 4 members (excludes halogenated alkanes) is 1. The number of allylic oxidation sites excluding steroid dienone is 3. The highest BCUT2D eigenvalue weighted by molar-refractivity contribution is 8.14. The molecule has 5 aromatic rings. The van der Waals surface area contributed by atoms with Crippen LogP contribution in [0.15, 0.2) is 94.5 Å². The van der Waals surface area contributed by atoms with Gasteiger partial charge in [0.25, 0.3) is 5.56 Å². The number of pyridine rings is 2. The first-order valence-corrected chi connectivity index (χ1v) is 31.3. The van der Waals surface area contributed by atoms with Gasteiger partial charge in [0.1, 0.15) is 32.1 Å². The van der Waals surface area contributed by atoms with Gasteiger partial charge in [0.15, 0.2) is 5.17 Å². The number of anilines is 1. The summed E-state index contributed by atoms with van der Waals surface area (Å²) in [6.07, 6.45) is 8.72. The average Bonchev–Trinajstić information content (AvgIpc) is 1.65. The number of carbonyl (C=O) groups excluding carboxylic acids is 7. The number of fused-ring (bicyclic) bond motifs is 5. The first-order valence-electron chi connectivity index (χ1n) is 30.4. The van der Waals surface area contributed by atoms with Gasteiger partial charge in [-0.2, -0.15) is 0 Å². The number of nitrogens with two attached hydrogens (primary N) is 1. The number of nitrogens with one attached hydrogen (secondary N) is 4. The van der Waals surface area contributed by atoms with Crippen LogP contribution in [-0.2, 0) is 97.3 Å². The summed E-state index contributed by atoms with van der Waals surface area (Å²) in [5.74, 6) is -2.36. The van der Waals surface area contributed by atoms with Crippen LogP contribution < -0.4 is 32.6 Å². The Morgan fingerprint density at radius 1 is 0.967 bits per heavy atom. The summed E-state index contributed by atoms with van der Waals surface area (Å²) in [6, 6.07) is 15.6. The molecule has 3 aliphatic rings. The van der Waals surface area contributed by atoms with Crippen LogP contribution in [0.4, 0.5) is 10.5 Å². The van der Waals surface area contributed by atoms with E-state index in [4.69, 9.17) is 34.4 Å². The Morgan fingerprint density at radius 3 is 2.45 bits per heavy atom. The Kier molecular flexibility index (Phi) is 22.4. The number of aromatic nitrogens is 5. The lowest BCUT2D eigenvalue weighted by molar-refractivity contribution is -0.175. The minimum atomic E-state index is -2.02. The normalized spacial score (nSPS) is 17.0. The third-order valence-electron chi connectivity index (χ3n) is 15.9. The molecule has 0 spiro atoms. The Hall–Kier alpha value is -8.75. The van der Waals surface area contributed by atoms with Gasteiger partial charge in [-0.15, -0.1) is 5.10 Å². The standard InChI is InChI=1S/C65H82N12O13S/c1-11-65(51-27-53-58-49(32-77(53)59(83)50(51)34-87-60(65)84)47(25-26-76(39(2)3)42(6)78)48-18-15-16-19-52(48)71-58)90-62(85)88-33-43-21-23-45(24-22-43)70-55(80)30-68-56(81)35-86-36-57(82)72-63(7,8)38-89-64(9,10)37-75-31-46(73-74-75)29-67-54(79)20-14-12-13-17-44-28-69-61(66)91-41(5)40(44)4/h13,15-19,21-24,27-28,31,39-41H,11-12,14,20,25-26,29-30,32-38H2,1-10H3,(H2,66,69)(H,67,79)(H,68,81)(H,70,80)(H,72,82)/b17-13-/t40?,41?,65-/m0/s1. The zero-order chi connectivity index (χ0) is 65.8. The minimum Gasteiger partial charge on any atom is -0.457 e. The molecule has 0 saturated carbocycles. The number of amidine groups is 1. The van der Waals surface area contributed by atoms with E-state index in [-0.39, 0.29) is 68.3 Å². The van der Waals surface area contributed by atoms with Crippen molar-refractivity contribution >= 4 is 75.2 Å². The van der Waals surface area contributed by atoms with Gasteiger partial charge < -0.3 is 60.2 Å². The van der Waals surface area contributed by atoms with Crippen LogP contribution in [0.2, 0.25) is 0 Å². The monoisotopic (exact) mass is 1270 g/mol. The number of carbonyl (C=O) groups is 7. The van der Waals surface area contributed by atoms with Gasteiger partial charge in [-0.05, 0) is 114 Å². The van der Waals surface area contributed by atoms with Gasteiger partial charge in [0, 0.05) is 59.6 Å². The largest absolute Gasteiger partial charge is 0.510 e. The van der Waals surface area contributed by atoms with Crippen LogP contribution in [0.3, 0.4) is 0 Å². The number of esters is 1. The first-order chi connectivity index (χ1) is 43.2. The van der Waals surface area contributed by atoms with Crippen molar-refractivity contribution in [2.45, 2.75) is 162 Å². The predicted octanol–water partition coefficient (Wildman–Crippen LogP) is 6.61. The van der Waals surface area contributed by atoms with Crippen LogP contribution in [-0.4, -0.2) is 132 Å². The SMILES string of the molecule is CC[C@@]1(OC(=O)OCc2ccc(NC(=O)CNC(=O)COCC(=O)NC(C)(C)COC(C)(C)Cn3cc(CNC(=O)CCC/C=C\C4=CN=C(N)SC(C)C4C)nn3)cc2)C(=O)OCc2c1cc1n(c2=O)Cc2c-1nc1ccccc1c2CCN(C(C)=O)C(C)C. The van der Waals surface area contributed by atoms with Gasteiger partial charge >= 0.3 is 12.1 Å². The van der Waals surface area contributed by atoms with Crippen LogP contribution in [0.1, 0.15) is 128 Å². The third kappa shape index (κ3) is 17.6. The highest BCUT2D eigenvalue weighted by Crippen LogP contribution is 2.42. The van der Waals surface area contributed by atoms with Gasteiger partial charge in [-0.25, -0.2) is 24.2 Å². The fraction of sp³-hybridized carbons (Fsp3) is 0.477. The van der Waals surface area contributed by atoms with Crippen molar-refractivity contribution < 1.29 is 57.2 Å². The van der Waals surface area contributed by atoms with E-state index < -0.39 is 71.9 Å². The molecule has 0 radical (unpaired) electrons. The maximum Gasteiger partial charge on any atom is 0.510 e. The second-order valence-corrected chi connectivity index (χ2v) is 25.8. The van der Waals surface area contributed by atoms with Crippen molar-refractivity contribution in [3.05, 3.63) is 129 Å². The van der Waals surface area contributed by atoms with Gasteiger partial charge in [0.2, 0.25) is 35.1 Å². The summed E-state index contributed by atoms with van der Waals surface area (Å²) in [4.78, 5) is 116. The molecular formula is C65H82N12O13S. The van der Waals surface area contributed by atoms with Crippen molar-refractivity contribution in [3.63, 3.8) is 0 Å². The van der Waals surface area contributed by atoms with Crippen molar-refractivity contribution in [1.29, 1.82) is 0 Å². The second kappa shape index (κ2) is 29.9. The number of hydrogen-bond acceptors (Lipinski definition) is 19. The Labute approximate surface area is 532 Å². The van der Waals surface area contributed by atoms with E-state index in [0.717, 1.165) is 28.5 Å². The van der Waals surface area contributed by atoms with Crippen molar-refractivity contribution in [3.8, 4) is 11.4 Å². The number of aliphatic imine (C=N–C) groups is 1. The molecule has 3 atom stereocenters. The number of benzene rings is 2. The summed E-state index contributed by atoms with van der Waals surface area (Å²) in [5, 5.41) is 21.0. The lowest BCUT2D eigenvalue weighted by Gasteiger charge is -2.35. The second-order valence-electron chi connectivity index (χ2n) is 24.4. The number of amides is 5. The molecule has 3 aliphatic heterocycles. The van der Waals surface area contributed by atoms with E-state index in [2.05, 4.69) is 62.6 Å². The quantitative estimate of drug-likeness (QED) is 0.0255. The number of hydrogen-bond donors (Lipinski definition) is 5. The number of thioether (sulfide) groups is 1. The highest BCUT2D eigenvalue weighted by atomic mass is 32.2. The van der Waals surface area contributed by atoms with Crippen molar-refractivity contribution in [2.75, 3.05) is 38.2 Å². The highest BCUT2D eigenvalue weighted by Gasteiger charge is 2.51. The van der Waals surface area contributed by atoms with Crippen LogP contribution >= 0.6 is 11.8 Å². The zero-order valence-corrected chi connectivity index (χ0v) is 54.1. The molecule has 2 unspecified atom stereocenters. The lowest BCUT2D eigenvalue weighted by Crippen LogP contribution is -2.50. The molecule has 0 saturated heterocycles. The van der Waals surface area contributed by atoms with E-state index in [0.29, 0.717) is 82.5 Å². The van der Waals surface area contributed by atoms with Crippen molar-refractivity contribution in [1.82, 2.24) is 45.4 Å². The first kappa shape index (κ1) is 68.2. The molecule has 0 bridgehead atoms. The number of rotatable bonds is 28. The summed E-state index contributed by atoms with van der Waals surface area (Å²) in [6.45, 7) is 18.1. The molecule has 2 aromatic carbocycles.